The van der Waals surface area contributed by atoms with Gasteiger partial charge in [0.2, 0.25) is 0 Å². The van der Waals surface area contributed by atoms with Crippen LogP contribution in [0.15, 0.2) is 21.9 Å². The molecular formula is C10H16Cl2Si. The molecule has 0 aromatic rings. The fraction of sp³-hybridized carbons (Fsp3) is 0.600. The molecular weight excluding hydrogens is 219 g/mol. The maximum atomic E-state index is 6.28. The Bertz CT molecular complexity index is 295. The Kier molecular flexibility index (Phi) is 3.01. The monoisotopic (exact) mass is 234 g/mol. The van der Waals surface area contributed by atoms with Gasteiger partial charge in [0.05, 0.1) is 0 Å². The second kappa shape index (κ2) is 3.45. The van der Waals surface area contributed by atoms with E-state index in [4.69, 9.17) is 22.2 Å². The van der Waals surface area contributed by atoms with Crippen LogP contribution in [0.2, 0.25) is 6.55 Å². The molecule has 0 heterocycles. The lowest BCUT2D eigenvalue weighted by Gasteiger charge is -2.19. The van der Waals surface area contributed by atoms with Gasteiger partial charge < -0.3 is 0 Å². The van der Waals surface area contributed by atoms with Gasteiger partial charge in [-0.2, -0.15) is 0 Å². The van der Waals surface area contributed by atoms with Gasteiger partial charge in [0.1, 0.15) is 0 Å². The fourth-order valence-electron chi connectivity index (χ4n) is 2.07. The fourth-order valence-corrected chi connectivity index (χ4v) is 5.73. The average Bonchev–Trinajstić information content (AvgIpc) is 2.14. The van der Waals surface area contributed by atoms with E-state index in [9.17, 15) is 0 Å². The summed E-state index contributed by atoms with van der Waals surface area (Å²) in [7, 11) is 0. The standard InChI is InChI=1S/C10H16Cl2Si/c1-6-7(2)9(4)10(8(6)3)13(5,11)12/h8H,1-5H3. The molecule has 74 valence electrons. The predicted octanol–water partition coefficient (Wildman–Crippen LogP) is 4.38. The van der Waals surface area contributed by atoms with Gasteiger partial charge in [-0.1, -0.05) is 12.5 Å². The van der Waals surface area contributed by atoms with Gasteiger partial charge in [-0.05, 0) is 49.6 Å². The van der Waals surface area contributed by atoms with Crippen molar-refractivity contribution < 1.29 is 0 Å². The molecule has 0 N–H and O–H groups in total. The molecule has 0 aliphatic heterocycles. The molecule has 1 atom stereocenters. The summed E-state index contributed by atoms with van der Waals surface area (Å²) in [6, 6.07) is 0. The number of hydrogen-bond donors (Lipinski definition) is 0. The molecule has 1 aliphatic rings. The van der Waals surface area contributed by atoms with Crippen molar-refractivity contribution in [2.75, 3.05) is 0 Å². The van der Waals surface area contributed by atoms with E-state index < -0.39 is 6.69 Å². The first kappa shape index (κ1) is 11.4. The van der Waals surface area contributed by atoms with E-state index in [1.54, 1.807) is 0 Å². The third-order valence-corrected chi connectivity index (χ3v) is 6.09. The molecule has 0 amide bonds. The van der Waals surface area contributed by atoms with E-state index in [0.29, 0.717) is 5.92 Å². The van der Waals surface area contributed by atoms with Gasteiger partial charge in [0.15, 0.2) is 0 Å². The van der Waals surface area contributed by atoms with Crippen LogP contribution in [0.4, 0.5) is 0 Å². The normalized spacial score (nSPS) is 24.7. The molecule has 0 saturated carbocycles. The van der Waals surface area contributed by atoms with Crippen LogP contribution in [-0.4, -0.2) is 6.69 Å². The summed E-state index contributed by atoms with van der Waals surface area (Å²) in [6.45, 7) is 8.49. The highest BCUT2D eigenvalue weighted by molar-refractivity contribution is 7.48. The van der Waals surface area contributed by atoms with E-state index in [-0.39, 0.29) is 0 Å². The van der Waals surface area contributed by atoms with Crippen molar-refractivity contribution in [2.24, 2.45) is 5.92 Å². The van der Waals surface area contributed by atoms with Crippen molar-refractivity contribution in [3.8, 4) is 0 Å². The first-order chi connectivity index (χ1) is 5.76. The summed E-state index contributed by atoms with van der Waals surface area (Å²) in [5, 5.41) is 1.30. The van der Waals surface area contributed by atoms with E-state index >= 15 is 0 Å². The van der Waals surface area contributed by atoms with Crippen LogP contribution >= 0.6 is 22.2 Å². The van der Waals surface area contributed by atoms with Crippen LogP contribution in [0.5, 0.6) is 0 Å². The lowest BCUT2D eigenvalue weighted by atomic mass is 10.1. The van der Waals surface area contributed by atoms with Crippen LogP contribution in [0.3, 0.4) is 0 Å². The van der Waals surface area contributed by atoms with Gasteiger partial charge in [0, 0.05) is 0 Å². The lowest BCUT2D eigenvalue weighted by molar-refractivity contribution is 0.853. The summed E-state index contributed by atoms with van der Waals surface area (Å²) in [5.41, 5.74) is 4.12. The Hall–Kier alpha value is 0.277. The summed E-state index contributed by atoms with van der Waals surface area (Å²) in [4.78, 5) is 0. The van der Waals surface area contributed by atoms with Gasteiger partial charge in [0.25, 0.3) is 6.69 Å². The minimum absolute atomic E-state index is 0.451. The van der Waals surface area contributed by atoms with Gasteiger partial charge in [-0.3, -0.25) is 0 Å². The first-order valence-corrected chi connectivity index (χ1v) is 9.06. The van der Waals surface area contributed by atoms with Crippen LogP contribution in [0, 0.1) is 5.92 Å². The number of allylic oxidation sites excluding steroid dienone is 4. The van der Waals surface area contributed by atoms with Crippen molar-refractivity contribution in [2.45, 2.75) is 34.2 Å². The first-order valence-electron chi connectivity index (χ1n) is 4.53. The van der Waals surface area contributed by atoms with Gasteiger partial charge in [-0.15, -0.1) is 22.2 Å². The molecule has 0 aromatic heterocycles. The largest absolute Gasteiger partial charge is 0.274 e. The third kappa shape index (κ3) is 1.88. The molecule has 1 rings (SSSR count). The number of rotatable bonds is 1. The van der Waals surface area contributed by atoms with Crippen LogP contribution in [0.25, 0.3) is 0 Å². The van der Waals surface area contributed by atoms with Gasteiger partial charge >= 0.3 is 0 Å². The average molecular weight is 235 g/mol. The van der Waals surface area contributed by atoms with Crippen molar-refractivity contribution in [1.29, 1.82) is 0 Å². The Morgan fingerprint density at radius 3 is 1.69 bits per heavy atom. The van der Waals surface area contributed by atoms with Gasteiger partial charge in [-0.25, -0.2) is 0 Å². The topological polar surface area (TPSA) is 0 Å². The molecule has 1 unspecified atom stereocenters. The van der Waals surface area contributed by atoms with Crippen molar-refractivity contribution in [3.05, 3.63) is 21.9 Å². The summed E-state index contributed by atoms with van der Waals surface area (Å²) in [6.07, 6.45) is 0. The van der Waals surface area contributed by atoms with Crippen molar-refractivity contribution in [1.82, 2.24) is 0 Å². The van der Waals surface area contributed by atoms with Crippen LogP contribution in [0.1, 0.15) is 27.7 Å². The number of halogens is 2. The zero-order valence-electron chi connectivity index (χ0n) is 8.83. The lowest BCUT2D eigenvalue weighted by Crippen LogP contribution is -2.22. The molecule has 0 aromatic carbocycles. The molecule has 0 saturated heterocycles. The summed E-state index contributed by atoms with van der Waals surface area (Å²) >= 11 is 12.6. The maximum absolute atomic E-state index is 6.28. The van der Waals surface area contributed by atoms with Crippen molar-refractivity contribution >= 4 is 28.9 Å². The van der Waals surface area contributed by atoms with E-state index in [1.165, 1.54) is 21.9 Å². The highest BCUT2D eigenvalue weighted by atomic mass is 35.7. The molecule has 0 fully saturated rings. The van der Waals surface area contributed by atoms with E-state index in [2.05, 4.69) is 27.7 Å². The highest BCUT2D eigenvalue weighted by Crippen LogP contribution is 2.43. The quantitative estimate of drug-likeness (QED) is 0.467. The molecule has 13 heavy (non-hydrogen) atoms. The Morgan fingerprint density at radius 1 is 1.08 bits per heavy atom. The zero-order chi connectivity index (χ0) is 10.4. The number of hydrogen-bond acceptors (Lipinski definition) is 0. The molecule has 3 heteroatoms. The molecule has 1 aliphatic carbocycles. The Balaban J connectivity index is 3.19. The summed E-state index contributed by atoms with van der Waals surface area (Å²) in [5.74, 6) is 0.451. The summed E-state index contributed by atoms with van der Waals surface area (Å²) < 4.78 is 0. The van der Waals surface area contributed by atoms with Crippen LogP contribution < -0.4 is 0 Å². The molecule has 0 spiro atoms. The Morgan fingerprint density at radius 2 is 1.54 bits per heavy atom. The molecule has 0 nitrogen and oxygen atoms in total. The second-order valence-electron chi connectivity index (χ2n) is 3.96. The highest BCUT2D eigenvalue weighted by Gasteiger charge is 2.37. The van der Waals surface area contributed by atoms with Crippen LogP contribution in [-0.2, 0) is 0 Å². The SMILES string of the molecule is CC1=C(C)C(C)C([Si](C)(Cl)Cl)=C1C. The molecule has 0 radical (unpaired) electrons. The van der Waals surface area contributed by atoms with E-state index in [1.807, 2.05) is 6.55 Å². The zero-order valence-corrected chi connectivity index (χ0v) is 11.3. The maximum Gasteiger partial charge on any atom is 0.274 e. The van der Waals surface area contributed by atoms with E-state index in [0.717, 1.165) is 0 Å². The van der Waals surface area contributed by atoms with Crippen molar-refractivity contribution in [3.63, 3.8) is 0 Å². The second-order valence-corrected chi connectivity index (χ2v) is 11.4. The molecule has 0 bridgehead atoms. The smallest absolute Gasteiger partial charge is 0.140 e. The Labute approximate surface area is 91.0 Å². The minimum Gasteiger partial charge on any atom is -0.140 e. The third-order valence-electron chi connectivity index (χ3n) is 3.11. The minimum atomic E-state index is -2.15. The predicted molar refractivity (Wildman–Crippen MR) is 63.6 cm³/mol.